The van der Waals surface area contributed by atoms with Crippen molar-refractivity contribution in [3.05, 3.63) is 47.8 Å². The fourth-order valence-electron chi connectivity index (χ4n) is 4.05. The van der Waals surface area contributed by atoms with Crippen LogP contribution in [0.2, 0.25) is 0 Å². The summed E-state index contributed by atoms with van der Waals surface area (Å²) in [7, 11) is 1.58. The van der Waals surface area contributed by atoms with Crippen molar-refractivity contribution in [2.45, 2.75) is 23.8 Å². The van der Waals surface area contributed by atoms with Gasteiger partial charge in [0.2, 0.25) is 0 Å². The third-order valence-corrected chi connectivity index (χ3v) is 7.08. The van der Waals surface area contributed by atoms with Crippen molar-refractivity contribution in [2.24, 2.45) is 0 Å². The summed E-state index contributed by atoms with van der Waals surface area (Å²) in [6, 6.07) is 10.0. The van der Waals surface area contributed by atoms with Crippen molar-refractivity contribution in [3.8, 4) is 11.5 Å². The summed E-state index contributed by atoms with van der Waals surface area (Å²) in [5.74, 6) is 1.88. The summed E-state index contributed by atoms with van der Waals surface area (Å²) in [4.78, 5) is 16.3. The van der Waals surface area contributed by atoms with Crippen molar-refractivity contribution in [1.29, 1.82) is 0 Å². The number of halogens is 2. The number of ether oxygens (including phenoxy) is 2. The zero-order valence-electron chi connectivity index (χ0n) is 18.8. The minimum atomic E-state index is -0.259. The van der Waals surface area contributed by atoms with E-state index in [1.54, 1.807) is 31.4 Å². The van der Waals surface area contributed by atoms with E-state index in [4.69, 9.17) is 9.47 Å². The Balaban J connectivity index is 1.23. The molecule has 1 atom stereocenters. The van der Waals surface area contributed by atoms with Crippen molar-refractivity contribution in [1.82, 2.24) is 15.1 Å². The first-order chi connectivity index (χ1) is 16.0. The van der Waals surface area contributed by atoms with Crippen LogP contribution in [0.4, 0.5) is 10.2 Å². The molecule has 1 unspecified atom stereocenters. The second kappa shape index (κ2) is 10.7. The summed E-state index contributed by atoms with van der Waals surface area (Å²) >= 11 is 2.49. The molecule has 4 rings (SSSR count). The van der Waals surface area contributed by atoms with Gasteiger partial charge >= 0.3 is 0 Å². The number of unbranched alkanes of at least 4 members (excludes halogenated alkanes) is 1. The molecule has 2 aromatic carbocycles. The largest absolute Gasteiger partial charge is 0.493 e. The Bertz CT molecular complexity index is 1120. The van der Waals surface area contributed by atoms with Crippen LogP contribution in [0.25, 0.3) is 10.9 Å². The Hall–Kier alpha value is -2.40. The molecule has 1 aromatic heterocycles. The number of anilines is 1. The molecular formula is C24H28FIN4O3. The molecule has 1 fully saturated rings. The highest BCUT2D eigenvalue weighted by Crippen LogP contribution is 2.29. The van der Waals surface area contributed by atoms with Crippen molar-refractivity contribution < 1.29 is 18.7 Å². The van der Waals surface area contributed by atoms with Crippen LogP contribution < -0.4 is 14.4 Å². The molecule has 0 radical (unpaired) electrons. The van der Waals surface area contributed by atoms with Gasteiger partial charge in [-0.05, 0) is 62.7 Å². The number of fused-ring (bicyclic) bond motifs is 1. The lowest BCUT2D eigenvalue weighted by atomic mass is 10.1. The van der Waals surface area contributed by atoms with E-state index < -0.39 is 0 Å². The number of rotatable bonds is 9. The van der Waals surface area contributed by atoms with Gasteiger partial charge in [0, 0.05) is 30.6 Å². The van der Waals surface area contributed by atoms with Crippen LogP contribution in [0.5, 0.6) is 11.5 Å². The van der Waals surface area contributed by atoms with E-state index in [0.29, 0.717) is 27.7 Å². The van der Waals surface area contributed by atoms with Crippen molar-refractivity contribution >= 4 is 45.1 Å². The van der Waals surface area contributed by atoms with Crippen LogP contribution in [0.1, 0.15) is 30.1 Å². The first-order valence-electron chi connectivity index (χ1n) is 11.0. The number of hydrogen-bond donors (Lipinski definition) is 1. The number of hydrogen-bond acceptors (Lipinski definition) is 6. The SMILES string of the molecule is COc1cc(C(C)=O)ccc1OCCCCN1CCN(c2n[nH]c3cc(F)ccc23)CC1I. The number of carbonyl (C=O) groups is 1. The molecule has 0 spiro atoms. The van der Waals surface area contributed by atoms with E-state index in [-0.39, 0.29) is 11.6 Å². The van der Waals surface area contributed by atoms with Crippen LogP contribution in [-0.2, 0) is 0 Å². The Morgan fingerprint density at radius 1 is 1.21 bits per heavy atom. The Kier molecular flexibility index (Phi) is 7.69. The fraction of sp³-hybridized carbons (Fsp3) is 0.417. The Morgan fingerprint density at radius 2 is 2.06 bits per heavy atom. The zero-order valence-corrected chi connectivity index (χ0v) is 21.0. The lowest BCUT2D eigenvalue weighted by Crippen LogP contribution is -2.51. The van der Waals surface area contributed by atoms with Gasteiger partial charge in [-0.15, -0.1) is 0 Å². The maximum Gasteiger partial charge on any atom is 0.161 e. The number of ketones is 1. The van der Waals surface area contributed by atoms with Gasteiger partial charge in [-0.3, -0.25) is 14.8 Å². The number of Topliss-reactive ketones (excluding diaryl/α,β-unsaturated/α-hetero) is 1. The third kappa shape index (κ3) is 5.57. The summed E-state index contributed by atoms with van der Waals surface area (Å²) in [6.45, 7) is 5.83. The molecule has 33 heavy (non-hydrogen) atoms. The summed E-state index contributed by atoms with van der Waals surface area (Å²) in [6.07, 6.45) is 1.95. The molecule has 0 amide bonds. The van der Waals surface area contributed by atoms with E-state index >= 15 is 0 Å². The lowest BCUT2D eigenvalue weighted by molar-refractivity contribution is 0.101. The minimum Gasteiger partial charge on any atom is -0.493 e. The highest BCUT2D eigenvalue weighted by atomic mass is 127. The van der Waals surface area contributed by atoms with Crippen LogP contribution in [0, 0.1) is 5.82 Å². The molecule has 3 aromatic rings. The molecule has 1 aliphatic heterocycles. The highest BCUT2D eigenvalue weighted by Gasteiger charge is 2.26. The predicted octanol–water partition coefficient (Wildman–Crippen LogP) is 4.66. The normalized spacial score (nSPS) is 16.8. The standard InChI is InChI=1S/C24H28FIN4O3/c1-16(31)17-5-8-21(22(13-17)32-2)33-12-4-3-9-29-10-11-30(15-23(29)26)24-19-7-6-18(25)14-20(19)27-28-24/h5-8,13-14,23H,3-4,9-12,15H2,1-2H3,(H,27,28). The van der Waals surface area contributed by atoms with Crippen molar-refractivity contribution in [2.75, 3.05) is 44.8 Å². The van der Waals surface area contributed by atoms with Gasteiger partial charge in [-0.25, -0.2) is 4.39 Å². The smallest absolute Gasteiger partial charge is 0.161 e. The van der Waals surface area contributed by atoms with Crippen LogP contribution in [0.15, 0.2) is 36.4 Å². The Morgan fingerprint density at radius 3 is 2.82 bits per heavy atom. The summed E-state index contributed by atoms with van der Waals surface area (Å²) in [5.41, 5.74) is 1.34. The number of benzene rings is 2. The van der Waals surface area contributed by atoms with Gasteiger partial charge in [-0.1, -0.05) is 22.6 Å². The monoisotopic (exact) mass is 566 g/mol. The van der Waals surface area contributed by atoms with Crippen LogP contribution >= 0.6 is 22.6 Å². The molecule has 176 valence electrons. The van der Waals surface area contributed by atoms with Gasteiger partial charge in [0.05, 0.1) is 23.3 Å². The number of alkyl halides is 1. The molecule has 1 aliphatic rings. The number of piperazine rings is 1. The van der Waals surface area contributed by atoms with Gasteiger partial charge in [0.25, 0.3) is 0 Å². The molecule has 0 aliphatic carbocycles. The van der Waals surface area contributed by atoms with Crippen LogP contribution in [-0.4, -0.2) is 64.8 Å². The first kappa shape index (κ1) is 23.7. The van der Waals surface area contributed by atoms with Crippen molar-refractivity contribution in [3.63, 3.8) is 0 Å². The molecule has 0 bridgehead atoms. The minimum absolute atomic E-state index is 0.00247. The predicted molar refractivity (Wildman–Crippen MR) is 135 cm³/mol. The number of aromatic nitrogens is 2. The quantitative estimate of drug-likeness (QED) is 0.134. The summed E-state index contributed by atoms with van der Waals surface area (Å²) < 4.78 is 25.1. The van der Waals surface area contributed by atoms with Gasteiger partial charge in [0.1, 0.15) is 5.82 Å². The maximum absolute atomic E-state index is 13.5. The maximum atomic E-state index is 13.5. The molecule has 7 nitrogen and oxygen atoms in total. The average molecular weight is 566 g/mol. The molecule has 9 heteroatoms. The second-order valence-electron chi connectivity index (χ2n) is 8.13. The van der Waals surface area contributed by atoms with E-state index in [1.807, 2.05) is 0 Å². The Labute approximate surface area is 206 Å². The zero-order chi connectivity index (χ0) is 23.4. The van der Waals surface area contributed by atoms with E-state index in [9.17, 15) is 9.18 Å². The number of aromatic amines is 1. The second-order valence-corrected chi connectivity index (χ2v) is 9.57. The fourth-order valence-corrected chi connectivity index (χ4v) is 5.08. The average Bonchev–Trinajstić information content (AvgIpc) is 3.22. The number of carbonyl (C=O) groups excluding carboxylic acids is 1. The van der Waals surface area contributed by atoms with Gasteiger partial charge in [0.15, 0.2) is 23.1 Å². The number of nitrogens with one attached hydrogen (secondary N) is 1. The molecular weight excluding hydrogens is 538 g/mol. The number of methoxy groups -OCH3 is 1. The van der Waals surface area contributed by atoms with E-state index in [2.05, 4.69) is 42.6 Å². The van der Waals surface area contributed by atoms with Crippen LogP contribution in [0.3, 0.4) is 0 Å². The third-order valence-electron chi connectivity index (χ3n) is 5.90. The molecule has 2 heterocycles. The van der Waals surface area contributed by atoms with Gasteiger partial charge < -0.3 is 14.4 Å². The van der Waals surface area contributed by atoms with E-state index in [1.165, 1.54) is 19.1 Å². The summed E-state index contributed by atoms with van der Waals surface area (Å²) in [5, 5.41) is 8.33. The lowest BCUT2D eigenvalue weighted by Gasteiger charge is -2.39. The highest BCUT2D eigenvalue weighted by molar-refractivity contribution is 14.1. The first-order valence-corrected chi connectivity index (χ1v) is 12.3. The molecule has 0 saturated carbocycles. The number of H-pyrrole nitrogens is 1. The topological polar surface area (TPSA) is 70.7 Å². The molecule has 1 saturated heterocycles. The van der Waals surface area contributed by atoms with Gasteiger partial charge in [-0.2, -0.15) is 5.10 Å². The van der Waals surface area contributed by atoms with E-state index in [0.717, 1.165) is 55.7 Å². The molecule has 1 N–H and O–H groups in total. The number of nitrogens with zero attached hydrogens (tertiary/aromatic N) is 3.